The van der Waals surface area contributed by atoms with Gasteiger partial charge >= 0.3 is 0 Å². The van der Waals surface area contributed by atoms with E-state index < -0.39 is 5.54 Å². The van der Waals surface area contributed by atoms with Gasteiger partial charge in [0, 0.05) is 6.54 Å². The molecule has 1 saturated heterocycles. The number of aromatic amines is 1. The minimum Gasteiger partial charge on any atom is -0.340 e. The van der Waals surface area contributed by atoms with Gasteiger partial charge in [-0.05, 0) is 56.4 Å². The molecule has 1 amide bonds. The number of hydrogen-bond acceptors (Lipinski definition) is 4. The summed E-state index contributed by atoms with van der Waals surface area (Å²) in [5.41, 5.74) is 5.03. The first-order valence-electron chi connectivity index (χ1n) is 11.2. The molecular weight excluding hydrogens is 400 g/mol. The Morgan fingerprint density at radius 3 is 2.69 bits per heavy atom. The van der Waals surface area contributed by atoms with E-state index in [2.05, 4.69) is 54.2 Å². The van der Waals surface area contributed by atoms with Crippen LogP contribution in [0.4, 0.5) is 0 Å². The molecule has 0 radical (unpaired) electrons. The Hall–Kier alpha value is -3.48. The molecule has 0 bridgehead atoms. The number of para-hydroxylation sites is 1. The number of amides is 1. The largest absolute Gasteiger partial charge is 0.340 e. The molecule has 2 aromatic heterocycles. The first kappa shape index (κ1) is 20.4. The van der Waals surface area contributed by atoms with Crippen LogP contribution < -0.4 is 0 Å². The van der Waals surface area contributed by atoms with Gasteiger partial charge in [0.15, 0.2) is 0 Å². The van der Waals surface area contributed by atoms with Gasteiger partial charge in [0.05, 0.1) is 40.2 Å². The van der Waals surface area contributed by atoms with E-state index >= 15 is 0 Å². The van der Waals surface area contributed by atoms with Crippen molar-refractivity contribution < 1.29 is 4.79 Å². The van der Waals surface area contributed by atoms with Crippen LogP contribution in [-0.2, 0) is 5.54 Å². The fourth-order valence-electron chi connectivity index (χ4n) is 4.79. The van der Waals surface area contributed by atoms with Crippen LogP contribution in [0.15, 0.2) is 48.8 Å². The summed E-state index contributed by atoms with van der Waals surface area (Å²) in [6, 6.07) is 12.1. The molecule has 1 fully saturated rings. The van der Waals surface area contributed by atoms with Gasteiger partial charge in [-0.1, -0.05) is 37.6 Å². The Morgan fingerprint density at radius 2 is 1.94 bits per heavy atom. The zero-order valence-electron chi connectivity index (χ0n) is 19.0. The Kier molecular flexibility index (Phi) is 4.84. The highest BCUT2D eigenvalue weighted by molar-refractivity contribution is 5.98. The van der Waals surface area contributed by atoms with E-state index in [9.17, 15) is 4.79 Å². The Bertz CT molecular complexity index is 1290. The minimum atomic E-state index is -0.511. The van der Waals surface area contributed by atoms with Crippen LogP contribution in [0.1, 0.15) is 66.8 Å². The molecule has 7 heteroatoms. The van der Waals surface area contributed by atoms with E-state index in [-0.39, 0.29) is 5.91 Å². The zero-order valence-corrected chi connectivity index (χ0v) is 19.0. The van der Waals surface area contributed by atoms with E-state index in [0.29, 0.717) is 23.7 Å². The zero-order chi connectivity index (χ0) is 22.5. The quantitative estimate of drug-likeness (QED) is 0.510. The molecule has 1 N–H and O–H groups in total. The maximum absolute atomic E-state index is 13.9. The molecule has 0 saturated carbocycles. The molecule has 1 aliphatic rings. The van der Waals surface area contributed by atoms with Gasteiger partial charge in [0.2, 0.25) is 0 Å². The summed E-state index contributed by atoms with van der Waals surface area (Å²) in [6.45, 7) is 9.15. The number of nitrogens with zero attached hydrogens (tertiary/aromatic N) is 5. The molecule has 0 spiro atoms. The Morgan fingerprint density at radius 1 is 1.16 bits per heavy atom. The van der Waals surface area contributed by atoms with Crippen molar-refractivity contribution in [3.63, 3.8) is 0 Å². The molecule has 2 aromatic carbocycles. The van der Waals surface area contributed by atoms with Gasteiger partial charge in [-0.3, -0.25) is 4.79 Å². The minimum absolute atomic E-state index is 0.0226. The number of nitrogens with one attached hydrogen (secondary N) is 1. The molecular formula is C25H28N6O. The van der Waals surface area contributed by atoms with Crippen LogP contribution >= 0.6 is 0 Å². The third kappa shape index (κ3) is 3.20. The lowest BCUT2D eigenvalue weighted by Crippen LogP contribution is -2.44. The lowest BCUT2D eigenvalue weighted by atomic mass is 9.96. The van der Waals surface area contributed by atoms with Gasteiger partial charge in [0.25, 0.3) is 5.91 Å². The molecule has 164 valence electrons. The average molecular weight is 429 g/mol. The maximum atomic E-state index is 13.9. The second kappa shape index (κ2) is 7.58. The summed E-state index contributed by atoms with van der Waals surface area (Å²) in [4.78, 5) is 25.9. The lowest BCUT2D eigenvalue weighted by Gasteiger charge is -2.34. The number of H-pyrrole nitrogens is 1. The van der Waals surface area contributed by atoms with Gasteiger partial charge < -0.3 is 9.88 Å². The molecule has 4 aromatic rings. The molecule has 1 atom stereocenters. The topological polar surface area (TPSA) is 79.7 Å². The number of likely N-dealkylation sites (tertiary alicyclic amines) is 1. The SMILES string of the molecule is Cc1ccc(-n2nccn2)c(C(=O)N2CCCC2(C)c2nc3c(C(C)C)cccc3[nH]2)c1. The van der Waals surface area contributed by atoms with Gasteiger partial charge in [0.1, 0.15) is 5.82 Å². The number of hydrogen-bond donors (Lipinski definition) is 1. The number of aryl methyl sites for hydroxylation is 1. The molecule has 1 aliphatic heterocycles. The summed E-state index contributed by atoms with van der Waals surface area (Å²) < 4.78 is 0. The normalized spacial score (nSPS) is 18.7. The Labute approximate surface area is 187 Å². The third-order valence-corrected chi connectivity index (χ3v) is 6.58. The molecule has 5 rings (SSSR count). The first-order valence-corrected chi connectivity index (χ1v) is 11.2. The van der Waals surface area contributed by atoms with E-state index in [1.165, 1.54) is 10.4 Å². The maximum Gasteiger partial charge on any atom is 0.256 e. The third-order valence-electron chi connectivity index (χ3n) is 6.58. The standard InChI is InChI=1S/C25H28N6O/c1-16(2)18-7-5-8-20-22(18)29-24(28-20)25(4)11-6-14-30(25)23(32)19-15-17(3)9-10-21(19)31-26-12-13-27-31/h5,7-10,12-13,15-16H,6,11,14H2,1-4H3,(H,28,29). The second-order valence-corrected chi connectivity index (χ2v) is 9.16. The fourth-order valence-corrected chi connectivity index (χ4v) is 4.79. The van der Waals surface area contributed by atoms with Crippen LogP contribution in [0.2, 0.25) is 0 Å². The monoisotopic (exact) mass is 428 g/mol. The van der Waals surface area contributed by atoms with Crippen molar-refractivity contribution >= 4 is 16.9 Å². The molecule has 0 aliphatic carbocycles. The van der Waals surface area contributed by atoms with Crippen LogP contribution in [0.3, 0.4) is 0 Å². The number of rotatable bonds is 4. The number of carbonyl (C=O) groups is 1. The van der Waals surface area contributed by atoms with E-state index in [0.717, 1.165) is 35.3 Å². The number of imidazole rings is 1. The van der Waals surface area contributed by atoms with Crippen LogP contribution in [-0.4, -0.2) is 42.3 Å². The highest BCUT2D eigenvalue weighted by Crippen LogP contribution is 2.40. The molecule has 1 unspecified atom stereocenters. The molecule has 32 heavy (non-hydrogen) atoms. The average Bonchev–Trinajstić information content (AvgIpc) is 3.52. The predicted molar refractivity (Wildman–Crippen MR) is 124 cm³/mol. The molecule has 7 nitrogen and oxygen atoms in total. The van der Waals surface area contributed by atoms with Crippen LogP contribution in [0, 0.1) is 6.92 Å². The van der Waals surface area contributed by atoms with E-state index in [1.807, 2.05) is 30.0 Å². The van der Waals surface area contributed by atoms with Crippen molar-refractivity contribution in [2.45, 2.75) is 52.0 Å². The summed E-state index contributed by atoms with van der Waals surface area (Å²) in [5.74, 6) is 1.20. The van der Waals surface area contributed by atoms with E-state index in [1.54, 1.807) is 12.4 Å². The van der Waals surface area contributed by atoms with Crippen LogP contribution in [0.25, 0.3) is 16.7 Å². The summed E-state index contributed by atoms with van der Waals surface area (Å²) in [5, 5.41) is 8.50. The van der Waals surface area contributed by atoms with Gasteiger partial charge in [-0.15, -0.1) is 0 Å². The fraction of sp³-hybridized carbons (Fsp3) is 0.360. The van der Waals surface area contributed by atoms with Crippen LogP contribution in [0.5, 0.6) is 0 Å². The predicted octanol–water partition coefficient (Wildman–Crippen LogP) is 4.73. The highest BCUT2D eigenvalue weighted by Gasteiger charge is 2.44. The Balaban J connectivity index is 1.59. The van der Waals surface area contributed by atoms with Crippen molar-refractivity contribution in [3.05, 3.63) is 71.3 Å². The van der Waals surface area contributed by atoms with Crippen molar-refractivity contribution in [3.8, 4) is 5.69 Å². The smallest absolute Gasteiger partial charge is 0.256 e. The van der Waals surface area contributed by atoms with Crippen molar-refractivity contribution in [1.29, 1.82) is 0 Å². The van der Waals surface area contributed by atoms with Gasteiger partial charge in [-0.2, -0.15) is 15.0 Å². The summed E-state index contributed by atoms with van der Waals surface area (Å²) in [6.07, 6.45) is 5.03. The summed E-state index contributed by atoms with van der Waals surface area (Å²) in [7, 11) is 0. The number of carbonyl (C=O) groups excluding carboxylic acids is 1. The highest BCUT2D eigenvalue weighted by atomic mass is 16.2. The van der Waals surface area contributed by atoms with Gasteiger partial charge in [-0.25, -0.2) is 4.98 Å². The number of fused-ring (bicyclic) bond motifs is 1. The second-order valence-electron chi connectivity index (χ2n) is 9.16. The summed E-state index contributed by atoms with van der Waals surface area (Å²) >= 11 is 0. The molecule has 3 heterocycles. The van der Waals surface area contributed by atoms with E-state index in [4.69, 9.17) is 4.98 Å². The first-order chi connectivity index (χ1) is 15.4. The number of benzene rings is 2. The number of aromatic nitrogens is 5. The van der Waals surface area contributed by atoms with Crippen molar-refractivity contribution in [2.24, 2.45) is 0 Å². The lowest BCUT2D eigenvalue weighted by molar-refractivity contribution is 0.0605. The van der Waals surface area contributed by atoms with Crippen molar-refractivity contribution in [1.82, 2.24) is 29.9 Å². The van der Waals surface area contributed by atoms with Crippen molar-refractivity contribution in [2.75, 3.05) is 6.54 Å².